The van der Waals surface area contributed by atoms with E-state index in [-0.39, 0.29) is 41.0 Å². The lowest BCUT2D eigenvalue weighted by Crippen LogP contribution is -2.56. The summed E-state index contributed by atoms with van der Waals surface area (Å²) in [5.74, 6) is -0.326. The number of sulfonamides is 1. The predicted molar refractivity (Wildman–Crippen MR) is 243 cm³/mol. The standard InChI is InChI=1S/C47H42Cl2N4O9S2/c1-27-46(63-47(50-27)51-28(2)54)64(57,58)53-24-35-23-42-41(61-26-43(62-42)33-14-16-36(17-15-33)60-25-30-11-18-37(48)38(49)19-30)22-34(35)21-40(53)44(55)52-39(45(56)59-3)20-29-9-12-32(13-10-29)31-7-5-4-6-8-31/h4-19,22-23,39-40,43H,20-21,24-26H2,1-3H3,(H,52,55)(H,50,51,54)/t39-,40-,43?/m0/s1. The van der Waals surface area contributed by atoms with E-state index in [0.717, 1.165) is 43.5 Å². The number of methoxy groups -OCH3 is 1. The Hall–Kier alpha value is -5.97. The number of carbonyl (C=O) groups excluding carboxylic acids is 3. The topological polar surface area (TPSA) is 162 Å². The van der Waals surface area contributed by atoms with Crippen molar-refractivity contribution in [3.8, 4) is 28.4 Å². The molecule has 1 aromatic heterocycles. The van der Waals surface area contributed by atoms with Crippen LogP contribution < -0.4 is 24.8 Å². The molecule has 6 aromatic rings. The third-order valence-corrected chi connectivity index (χ3v) is 15.1. The zero-order valence-electron chi connectivity index (χ0n) is 34.8. The van der Waals surface area contributed by atoms with Crippen LogP contribution in [-0.4, -0.2) is 61.3 Å². The fourth-order valence-electron chi connectivity index (χ4n) is 7.58. The number of esters is 1. The van der Waals surface area contributed by atoms with Crippen molar-refractivity contribution in [1.29, 1.82) is 0 Å². The minimum absolute atomic E-state index is 0.0553. The molecule has 1 unspecified atom stereocenters. The number of rotatable bonds is 13. The van der Waals surface area contributed by atoms with E-state index >= 15 is 0 Å². The summed E-state index contributed by atoms with van der Waals surface area (Å²) in [4.78, 5) is 43.8. The largest absolute Gasteiger partial charge is 0.489 e. The highest BCUT2D eigenvalue weighted by Gasteiger charge is 2.43. The van der Waals surface area contributed by atoms with Crippen LogP contribution in [0.5, 0.6) is 17.2 Å². The van der Waals surface area contributed by atoms with Crippen LogP contribution in [0.3, 0.4) is 0 Å². The molecule has 0 bridgehead atoms. The van der Waals surface area contributed by atoms with Gasteiger partial charge in [-0.25, -0.2) is 18.2 Å². The average molecular weight is 942 g/mol. The molecular weight excluding hydrogens is 900 g/mol. The molecule has 64 heavy (non-hydrogen) atoms. The van der Waals surface area contributed by atoms with Crippen molar-refractivity contribution in [2.75, 3.05) is 19.0 Å². The number of nitrogens with zero attached hydrogens (tertiary/aromatic N) is 2. The Kier molecular flexibility index (Phi) is 13.3. The van der Waals surface area contributed by atoms with Crippen molar-refractivity contribution in [1.82, 2.24) is 14.6 Å². The van der Waals surface area contributed by atoms with Crippen LogP contribution in [-0.2, 0) is 55.1 Å². The number of halogens is 2. The number of carbonyl (C=O) groups is 3. The number of amides is 2. The molecule has 0 spiro atoms. The molecule has 0 radical (unpaired) electrons. The number of ether oxygens (including phenoxy) is 4. The van der Waals surface area contributed by atoms with Crippen LogP contribution in [0.4, 0.5) is 5.13 Å². The Labute approximate surface area is 384 Å². The molecule has 2 N–H and O–H groups in total. The van der Waals surface area contributed by atoms with Crippen LogP contribution in [0.2, 0.25) is 10.0 Å². The third kappa shape index (κ3) is 9.88. The van der Waals surface area contributed by atoms with Gasteiger partial charge in [0, 0.05) is 19.9 Å². The predicted octanol–water partition coefficient (Wildman–Crippen LogP) is 8.49. The summed E-state index contributed by atoms with van der Waals surface area (Å²) in [7, 11) is -3.21. The van der Waals surface area contributed by atoms with E-state index in [1.807, 2.05) is 84.9 Å². The number of fused-ring (bicyclic) bond motifs is 2. The number of aromatic nitrogens is 1. The zero-order chi connectivity index (χ0) is 45.1. The highest BCUT2D eigenvalue weighted by molar-refractivity contribution is 7.91. The number of aryl methyl sites for hydroxylation is 1. The smallest absolute Gasteiger partial charge is 0.328 e. The molecule has 2 aliphatic heterocycles. The first-order valence-corrected chi connectivity index (χ1v) is 23.2. The fourth-order valence-corrected chi connectivity index (χ4v) is 11.0. The molecule has 2 aliphatic rings. The second-order valence-corrected chi connectivity index (χ2v) is 19.2. The van der Waals surface area contributed by atoms with Gasteiger partial charge in [0.25, 0.3) is 10.0 Å². The van der Waals surface area contributed by atoms with Crippen molar-refractivity contribution >= 4 is 67.5 Å². The van der Waals surface area contributed by atoms with Crippen LogP contribution in [0.1, 0.15) is 46.5 Å². The van der Waals surface area contributed by atoms with Crippen LogP contribution in [0, 0.1) is 6.92 Å². The van der Waals surface area contributed by atoms with Gasteiger partial charge in [-0.15, -0.1) is 0 Å². The van der Waals surface area contributed by atoms with Gasteiger partial charge >= 0.3 is 5.97 Å². The first kappa shape index (κ1) is 44.6. The Bertz CT molecular complexity index is 2820. The average Bonchev–Trinajstić information content (AvgIpc) is 3.67. The van der Waals surface area contributed by atoms with Crippen molar-refractivity contribution in [2.24, 2.45) is 0 Å². The maximum absolute atomic E-state index is 14.7. The molecule has 0 saturated carbocycles. The summed E-state index contributed by atoms with van der Waals surface area (Å²) in [6.45, 7) is 3.08. The first-order chi connectivity index (χ1) is 30.7. The maximum atomic E-state index is 14.7. The summed E-state index contributed by atoms with van der Waals surface area (Å²) in [5.41, 5.74) is 5.87. The lowest BCUT2D eigenvalue weighted by Gasteiger charge is -2.36. The Morgan fingerprint density at radius 1 is 0.891 bits per heavy atom. The van der Waals surface area contributed by atoms with Crippen molar-refractivity contribution in [3.63, 3.8) is 0 Å². The van der Waals surface area contributed by atoms with E-state index in [2.05, 4.69) is 15.6 Å². The van der Waals surface area contributed by atoms with Crippen LogP contribution in [0.15, 0.2) is 113 Å². The normalized spacial score (nSPS) is 16.3. The highest BCUT2D eigenvalue weighted by atomic mass is 35.5. The van der Waals surface area contributed by atoms with Crippen molar-refractivity contribution in [2.45, 2.75) is 62.2 Å². The molecule has 3 heterocycles. The van der Waals surface area contributed by atoms with E-state index in [4.69, 9.17) is 42.1 Å². The summed E-state index contributed by atoms with van der Waals surface area (Å²) in [6.07, 6.45) is -0.458. The van der Waals surface area contributed by atoms with Crippen LogP contribution >= 0.6 is 34.5 Å². The second-order valence-electron chi connectivity index (χ2n) is 15.3. The number of benzene rings is 5. The number of nitrogens with one attached hydrogen (secondary N) is 2. The van der Waals surface area contributed by atoms with Crippen molar-refractivity contribution in [3.05, 3.63) is 153 Å². The summed E-state index contributed by atoms with van der Waals surface area (Å²) in [5, 5.41) is 6.37. The second kappa shape index (κ2) is 19.0. The van der Waals surface area contributed by atoms with Gasteiger partial charge in [0.2, 0.25) is 11.8 Å². The minimum atomic E-state index is -4.44. The molecule has 5 aromatic carbocycles. The molecular formula is C47H42Cl2N4O9S2. The molecule has 2 amide bonds. The van der Waals surface area contributed by atoms with Gasteiger partial charge < -0.3 is 29.6 Å². The lowest BCUT2D eigenvalue weighted by atomic mass is 9.94. The SMILES string of the molecule is COC(=O)[C@H](Cc1ccc(-c2ccccc2)cc1)NC(=O)[C@@H]1Cc2cc3c(cc2CN1S(=O)(=O)c1sc(NC(C)=O)nc1C)OC(c1ccc(OCc2ccc(Cl)c(Cl)c2)cc1)CO3. The quantitative estimate of drug-likeness (QED) is 0.107. The molecule has 330 valence electrons. The zero-order valence-corrected chi connectivity index (χ0v) is 37.9. The highest BCUT2D eigenvalue weighted by Crippen LogP contribution is 2.42. The summed E-state index contributed by atoms with van der Waals surface area (Å²) in [6, 6.07) is 31.2. The molecule has 0 saturated heterocycles. The number of anilines is 1. The Morgan fingerprint density at radius 3 is 2.30 bits per heavy atom. The minimum Gasteiger partial charge on any atom is -0.489 e. The third-order valence-electron chi connectivity index (χ3n) is 10.8. The van der Waals surface area contributed by atoms with E-state index < -0.39 is 46.0 Å². The van der Waals surface area contributed by atoms with E-state index in [1.54, 1.807) is 24.3 Å². The van der Waals surface area contributed by atoms with Gasteiger partial charge in [-0.1, -0.05) is 107 Å². The van der Waals surface area contributed by atoms with Crippen molar-refractivity contribution < 1.29 is 41.7 Å². The number of hydrogen-bond acceptors (Lipinski definition) is 11. The first-order valence-electron chi connectivity index (χ1n) is 20.2. The van der Waals surface area contributed by atoms with Gasteiger partial charge in [0.1, 0.15) is 31.0 Å². The van der Waals surface area contributed by atoms with Gasteiger partial charge in [0.05, 0.1) is 22.8 Å². The molecule has 8 rings (SSSR count). The Balaban J connectivity index is 1.04. The number of hydrogen-bond donors (Lipinski definition) is 2. The molecule has 0 aliphatic carbocycles. The van der Waals surface area contributed by atoms with Gasteiger partial charge in [-0.3, -0.25) is 9.59 Å². The lowest BCUT2D eigenvalue weighted by molar-refractivity contribution is -0.145. The summed E-state index contributed by atoms with van der Waals surface area (Å²) < 4.78 is 54.1. The molecule has 13 nitrogen and oxygen atoms in total. The van der Waals surface area contributed by atoms with E-state index in [0.29, 0.717) is 45.0 Å². The Morgan fingerprint density at radius 2 is 1.59 bits per heavy atom. The van der Waals surface area contributed by atoms with Crippen LogP contribution in [0.25, 0.3) is 11.1 Å². The number of thiazole rings is 1. The van der Waals surface area contributed by atoms with Gasteiger partial charge in [-0.2, -0.15) is 4.31 Å². The monoisotopic (exact) mass is 940 g/mol. The maximum Gasteiger partial charge on any atom is 0.328 e. The molecule has 3 atom stereocenters. The van der Waals surface area contributed by atoms with Gasteiger partial charge in [-0.05, 0) is 88.7 Å². The van der Waals surface area contributed by atoms with E-state index in [9.17, 15) is 22.8 Å². The molecule has 0 fully saturated rings. The fraction of sp³-hybridized carbons (Fsp3) is 0.234. The van der Waals surface area contributed by atoms with E-state index in [1.165, 1.54) is 21.0 Å². The molecule has 17 heteroatoms. The summed E-state index contributed by atoms with van der Waals surface area (Å²) >= 11 is 13.0. The van der Waals surface area contributed by atoms with Gasteiger partial charge in [0.15, 0.2) is 26.9 Å².